The SMILES string of the molecule is CSc1ccc(N2CCO[C@@H](CO)C2)cn1. The van der Waals surface area contributed by atoms with Crippen LogP contribution in [-0.2, 0) is 4.74 Å². The minimum Gasteiger partial charge on any atom is -0.394 e. The van der Waals surface area contributed by atoms with E-state index in [2.05, 4.69) is 16.0 Å². The molecule has 1 fully saturated rings. The first-order valence-electron chi connectivity index (χ1n) is 5.31. The molecule has 0 amide bonds. The van der Waals surface area contributed by atoms with E-state index in [0.29, 0.717) is 6.61 Å². The highest BCUT2D eigenvalue weighted by molar-refractivity contribution is 7.98. The van der Waals surface area contributed by atoms with E-state index in [-0.39, 0.29) is 12.7 Å². The molecule has 1 atom stereocenters. The summed E-state index contributed by atoms with van der Waals surface area (Å²) in [4.78, 5) is 6.54. The van der Waals surface area contributed by atoms with E-state index in [4.69, 9.17) is 9.84 Å². The first kappa shape index (κ1) is 11.7. The molecule has 5 heteroatoms. The van der Waals surface area contributed by atoms with Crippen LogP contribution >= 0.6 is 11.8 Å². The Bertz CT molecular complexity index is 331. The number of pyridine rings is 1. The van der Waals surface area contributed by atoms with E-state index in [1.807, 2.05) is 18.5 Å². The molecule has 1 aromatic heterocycles. The molecule has 1 aromatic rings. The highest BCUT2D eigenvalue weighted by Crippen LogP contribution is 2.19. The quantitative estimate of drug-likeness (QED) is 0.799. The van der Waals surface area contributed by atoms with Gasteiger partial charge in [-0.3, -0.25) is 0 Å². The number of aliphatic hydroxyl groups excluding tert-OH is 1. The fourth-order valence-electron chi connectivity index (χ4n) is 1.74. The molecule has 2 rings (SSSR count). The van der Waals surface area contributed by atoms with Crippen molar-refractivity contribution in [2.45, 2.75) is 11.1 Å². The first-order chi connectivity index (χ1) is 7.83. The molecule has 0 aromatic carbocycles. The molecule has 0 spiro atoms. The van der Waals surface area contributed by atoms with Crippen LogP contribution in [0.25, 0.3) is 0 Å². The summed E-state index contributed by atoms with van der Waals surface area (Å²) in [5, 5.41) is 10.1. The maximum atomic E-state index is 9.07. The van der Waals surface area contributed by atoms with Gasteiger partial charge in [-0.2, -0.15) is 0 Å². The summed E-state index contributed by atoms with van der Waals surface area (Å²) in [6.07, 6.45) is 3.82. The van der Waals surface area contributed by atoms with Crippen molar-refractivity contribution in [1.82, 2.24) is 4.98 Å². The normalized spacial score (nSPS) is 21.1. The van der Waals surface area contributed by atoms with E-state index >= 15 is 0 Å². The van der Waals surface area contributed by atoms with Crippen molar-refractivity contribution in [2.24, 2.45) is 0 Å². The molecular weight excluding hydrogens is 224 g/mol. The lowest BCUT2D eigenvalue weighted by atomic mass is 10.2. The summed E-state index contributed by atoms with van der Waals surface area (Å²) in [6, 6.07) is 4.09. The second kappa shape index (κ2) is 5.52. The molecule has 1 aliphatic rings. The summed E-state index contributed by atoms with van der Waals surface area (Å²) < 4.78 is 5.41. The third-order valence-corrected chi connectivity index (χ3v) is 3.30. The number of hydrogen-bond acceptors (Lipinski definition) is 5. The summed E-state index contributed by atoms with van der Waals surface area (Å²) in [5.74, 6) is 0. The van der Waals surface area contributed by atoms with Crippen LogP contribution in [0.4, 0.5) is 5.69 Å². The number of hydrogen-bond donors (Lipinski definition) is 1. The Morgan fingerprint density at radius 1 is 1.62 bits per heavy atom. The van der Waals surface area contributed by atoms with E-state index in [1.165, 1.54) is 0 Å². The van der Waals surface area contributed by atoms with Gasteiger partial charge < -0.3 is 14.7 Å². The van der Waals surface area contributed by atoms with Crippen LogP contribution in [-0.4, -0.2) is 48.8 Å². The van der Waals surface area contributed by atoms with Crippen LogP contribution < -0.4 is 4.90 Å². The molecule has 2 heterocycles. The van der Waals surface area contributed by atoms with Crippen molar-refractivity contribution in [1.29, 1.82) is 0 Å². The maximum Gasteiger partial charge on any atom is 0.0980 e. The fraction of sp³-hybridized carbons (Fsp3) is 0.545. The van der Waals surface area contributed by atoms with Gasteiger partial charge in [-0.15, -0.1) is 11.8 Å². The number of ether oxygens (including phenoxy) is 1. The molecule has 88 valence electrons. The molecule has 1 saturated heterocycles. The molecule has 0 bridgehead atoms. The van der Waals surface area contributed by atoms with E-state index < -0.39 is 0 Å². The van der Waals surface area contributed by atoms with Gasteiger partial charge in [0.1, 0.15) is 0 Å². The van der Waals surface area contributed by atoms with Gasteiger partial charge in [-0.1, -0.05) is 0 Å². The van der Waals surface area contributed by atoms with Gasteiger partial charge in [0.25, 0.3) is 0 Å². The van der Waals surface area contributed by atoms with Gasteiger partial charge in [0.15, 0.2) is 0 Å². The minimum atomic E-state index is -0.0750. The van der Waals surface area contributed by atoms with Gasteiger partial charge in [-0.25, -0.2) is 4.98 Å². The second-order valence-electron chi connectivity index (χ2n) is 3.68. The number of thioether (sulfide) groups is 1. The van der Waals surface area contributed by atoms with Gasteiger partial charge in [0, 0.05) is 13.1 Å². The molecule has 0 aliphatic carbocycles. The van der Waals surface area contributed by atoms with Gasteiger partial charge in [0.2, 0.25) is 0 Å². The first-order valence-corrected chi connectivity index (χ1v) is 6.53. The number of aliphatic hydroxyl groups is 1. The Hall–Kier alpha value is -0.780. The second-order valence-corrected chi connectivity index (χ2v) is 4.51. The number of aromatic nitrogens is 1. The summed E-state index contributed by atoms with van der Waals surface area (Å²) in [7, 11) is 0. The fourth-order valence-corrected chi connectivity index (χ4v) is 2.11. The lowest BCUT2D eigenvalue weighted by Gasteiger charge is -2.33. The van der Waals surface area contributed by atoms with Gasteiger partial charge in [-0.05, 0) is 18.4 Å². The zero-order valence-corrected chi connectivity index (χ0v) is 10.1. The van der Waals surface area contributed by atoms with Crippen molar-refractivity contribution in [3.05, 3.63) is 18.3 Å². The molecule has 16 heavy (non-hydrogen) atoms. The third-order valence-electron chi connectivity index (χ3n) is 2.64. The van der Waals surface area contributed by atoms with Gasteiger partial charge >= 0.3 is 0 Å². The Kier molecular flexibility index (Phi) is 4.04. The Labute approximate surface area is 99.6 Å². The Morgan fingerprint density at radius 3 is 3.12 bits per heavy atom. The number of nitrogens with zero attached hydrogens (tertiary/aromatic N) is 2. The van der Waals surface area contributed by atoms with Crippen molar-refractivity contribution in [3.63, 3.8) is 0 Å². The lowest BCUT2D eigenvalue weighted by molar-refractivity contribution is 0.00355. The molecule has 0 unspecified atom stereocenters. The smallest absolute Gasteiger partial charge is 0.0980 e. The highest BCUT2D eigenvalue weighted by atomic mass is 32.2. The van der Waals surface area contributed by atoms with Crippen LogP contribution in [0.5, 0.6) is 0 Å². The zero-order valence-electron chi connectivity index (χ0n) is 9.30. The van der Waals surface area contributed by atoms with Crippen molar-refractivity contribution in [2.75, 3.05) is 37.5 Å². The van der Waals surface area contributed by atoms with Crippen LogP contribution in [0.1, 0.15) is 0 Å². The van der Waals surface area contributed by atoms with Crippen molar-refractivity contribution in [3.8, 4) is 0 Å². The van der Waals surface area contributed by atoms with E-state index in [1.54, 1.807) is 11.8 Å². The molecule has 1 aliphatic heterocycles. The summed E-state index contributed by atoms with van der Waals surface area (Å²) in [6.45, 7) is 2.33. The monoisotopic (exact) mass is 240 g/mol. The predicted molar refractivity (Wildman–Crippen MR) is 65.1 cm³/mol. The summed E-state index contributed by atoms with van der Waals surface area (Å²) in [5.41, 5.74) is 1.10. The molecule has 1 N–H and O–H groups in total. The average molecular weight is 240 g/mol. The van der Waals surface area contributed by atoms with Crippen molar-refractivity contribution >= 4 is 17.4 Å². The molecule has 0 radical (unpaired) electrons. The van der Waals surface area contributed by atoms with Crippen LogP contribution in [0.15, 0.2) is 23.4 Å². The van der Waals surface area contributed by atoms with Crippen molar-refractivity contribution < 1.29 is 9.84 Å². The van der Waals surface area contributed by atoms with Crippen LogP contribution in [0.2, 0.25) is 0 Å². The molecule has 4 nitrogen and oxygen atoms in total. The third kappa shape index (κ3) is 2.66. The van der Waals surface area contributed by atoms with Crippen LogP contribution in [0, 0.1) is 0 Å². The molecule has 0 saturated carbocycles. The maximum absolute atomic E-state index is 9.07. The minimum absolute atomic E-state index is 0.0750. The lowest BCUT2D eigenvalue weighted by Crippen LogP contribution is -2.44. The molecular formula is C11H16N2O2S. The van der Waals surface area contributed by atoms with E-state index in [0.717, 1.165) is 23.8 Å². The number of rotatable bonds is 3. The number of morpholine rings is 1. The van der Waals surface area contributed by atoms with Gasteiger partial charge in [0.05, 0.1) is 36.2 Å². The average Bonchev–Trinajstić information content (AvgIpc) is 2.39. The highest BCUT2D eigenvalue weighted by Gasteiger charge is 2.19. The Balaban J connectivity index is 2.05. The Morgan fingerprint density at radius 2 is 2.50 bits per heavy atom. The zero-order chi connectivity index (χ0) is 11.4. The van der Waals surface area contributed by atoms with E-state index in [9.17, 15) is 0 Å². The predicted octanol–water partition coefficient (Wildman–Crippen LogP) is 1.00. The number of anilines is 1. The standard InChI is InChI=1S/C11H16N2O2S/c1-16-11-3-2-9(6-12-11)13-4-5-15-10(7-13)8-14/h2-3,6,10,14H,4-5,7-8H2,1H3/t10-/m1/s1. The summed E-state index contributed by atoms with van der Waals surface area (Å²) >= 11 is 1.63. The van der Waals surface area contributed by atoms with Crippen LogP contribution in [0.3, 0.4) is 0 Å². The largest absolute Gasteiger partial charge is 0.394 e. The topological polar surface area (TPSA) is 45.6 Å².